The third kappa shape index (κ3) is 9.17. The highest BCUT2D eigenvalue weighted by Crippen LogP contribution is 2.32. The molecule has 2 aromatic rings. The van der Waals surface area contributed by atoms with Gasteiger partial charge in [0, 0.05) is 44.8 Å². The van der Waals surface area contributed by atoms with Crippen LogP contribution in [0.1, 0.15) is 39.1 Å². The maximum absolute atomic E-state index is 12.6. The summed E-state index contributed by atoms with van der Waals surface area (Å²) in [5.41, 5.74) is 0.112. The molecule has 1 saturated heterocycles. The first-order valence-corrected chi connectivity index (χ1v) is 12.7. The summed E-state index contributed by atoms with van der Waals surface area (Å²) in [7, 11) is 7.71. The number of aromatic nitrogens is 2. The fourth-order valence-electron chi connectivity index (χ4n) is 3.85. The smallest absolute Gasteiger partial charge is 0.408 e. The van der Waals surface area contributed by atoms with Gasteiger partial charge in [-0.3, -0.25) is 0 Å². The van der Waals surface area contributed by atoms with Crippen LogP contribution in [0.15, 0.2) is 22.7 Å². The summed E-state index contributed by atoms with van der Waals surface area (Å²) in [6.07, 6.45) is 0.101. The van der Waals surface area contributed by atoms with Gasteiger partial charge in [-0.05, 0) is 66.5 Å². The summed E-state index contributed by atoms with van der Waals surface area (Å²) < 4.78 is 22.5. The Bertz CT molecular complexity index is 998. The Labute approximate surface area is 220 Å². The minimum atomic E-state index is -0.612. The van der Waals surface area contributed by atoms with Crippen molar-refractivity contribution >= 4 is 6.09 Å². The average Bonchev–Trinajstić information content (AvgIpc) is 3.32. The zero-order valence-corrected chi connectivity index (χ0v) is 23.2. The SMILES string of the molecule is COc1cc(-c2noc(C(CCN3CCN(C)CC3)NC(=O)OC(C)(C)C)n2)ccc1OCCN(C)C. The van der Waals surface area contributed by atoms with E-state index in [1.807, 2.05) is 58.0 Å². The minimum Gasteiger partial charge on any atom is -0.493 e. The number of alkyl carbamates (subject to hydrolysis) is 1. The number of carbonyl (C=O) groups excluding carboxylic acids is 1. The maximum Gasteiger partial charge on any atom is 0.408 e. The van der Waals surface area contributed by atoms with E-state index in [-0.39, 0.29) is 0 Å². The molecule has 0 radical (unpaired) electrons. The van der Waals surface area contributed by atoms with Gasteiger partial charge in [-0.2, -0.15) is 4.98 Å². The topological polar surface area (TPSA) is 105 Å². The van der Waals surface area contributed by atoms with E-state index in [1.165, 1.54) is 0 Å². The fraction of sp³-hybridized carbons (Fsp3) is 0.654. The van der Waals surface area contributed by atoms with Crippen LogP contribution in [-0.4, -0.2) is 111 Å². The van der Waals surface area contributed by atoms with Crippen molar-refractivity contribution in [3.05, 3.63) is 24.1 Å². The second kappa shape index (κ2) is 13.1. The molecule has 0 aliphatic carbocycles. The molecule has 2 heterocycles. The lowest BCUT2D eigenvalue weighted by molar-refractivity contribution is 0.0484. The zero-order chi connectivity index (χ0) is 27.0. The molecule has 0 bridgehead atoms. The number of methoxy groups -OCH3 is 1. The molecule has 11 nitrogen and oxygen atoms in total. The van der Waals surface area contributed by atoms with Gasteiger partial charge in [-0.25, -0.2) is 4.79 Å². The van der Waals surface area contributed by atoms with E-state index in [9.17, 15) is 4.79 Å². The molecule has 1 fully saturated rings. The highest BCUT2D eigenvalue weighted by Gasteiger charge is 2.26. The number of ether oxygens (including phenoxy) is 3. The van der Waals surface area contributed by atoms with E-state index in [1.54, 1.807) is 7.11 Å². The predicted molar refractivity (Wildman–Crippen MR) is 141 cm³/mol. The Morgan fingerprint density at radius 3 is 2.57 bits per heavy atom. The molecule has 1 aromatic heterocycles. The van der Waals surface area contributed by atoms with Crippen molar-refractivity contribution in [1.29, 1.82) is 0 Å². The number of nitrogens with zero attached hydrogens (tertiary/aromatic N) is 5. The third-order valence-electron chi connectivity index (χ3n) is 5.98. The predicted octanol–water partition coefficient (Wildman–Crippen LogP) is 2.89. The summed E-state index contributed by atoms with van der Waals surface area (Å²) in [4.78, 5) is 23.9. The normalized spacial score (nSPS) is 16.0. The van der Waals surface area contributed by atoms with Gasteiger partial charge in [-0.15, -0.1) is 0 Å². The summed E-state index contributed by atoms with van der Waals surface area (Å²) in [5, 5.41) is 7.11. The van der Waals surface area contributed by atoms with Gasteiger partial charge in [0.1, 0.15) is 18.2 Å². The third-order valence-corrected chi connectivity index (χ3v) is 5.98. The van der Waals surface area contributed by atoms with Crippen molar-refractivity contribution in [3.8, 4) is 22.9 Å². The summed E-state index contributed by atoms with van der Waals surface area (Å²) in [6, 6.07) is 5.04. The molecule has 1 amide bonds. The Morgan fingerprint density at radius 1 is 1.19 bits per heavy atom. The molecule has 0 saturated carbocycles. The molecule has 1 aliphatic rings. The Kier molecular flexibility index (Phi) is 10.1. The van der Waals surface area contributed by atoms with E-state index in [2.05, 4.69) is 32.3 Å². The maximum atomic E-state index is 12.6. The summed E-state index contributed by atoms with van der Waals surface area (Å²) in [5.74, 6) is 1.97. The lowest BCUT2D eigenvalue weighted by Gasteiger charge is -2.33. The number of hydrogen-bond acceptors (Lipinski definition) is 10. The van der Waals surface area contributed by atoms with Crippen LogP contribution in [-0.2, 0) is 4.74 Å². The molecule has 1 N–H and O–H groups in total. The van der Waals surface area contributed by atoms with Crippen LogP contribution < -0.4 is 14.8 Å². The average molecular weight is 519 g/mol. The number of piperazine rings is 1. The van der Waals surface area contributed by atoms with E-state index < -0.39 is 17.7 Å². The largest absolute Gasteiger partial charge is 0.493 e. The van der Waals surface area contributed by atoms with Crippen LogP contribution in [0.4, 0.5) is 4.79 Å². The van der Waals surface area contributed by atoms with Gasteiger partial charge in [0.2, 0.25) is 11.7 Å². The molecular formula is C26H42N6O5. The zero-order valence-electron chi connectivity index (χ0n) is 23.2. The van der Waals surface area contributed by atoms with Crippen molar-refractivity contribution in [1.82, 2.24) is 30.2 Å². The van der Waals surface area contributed by atoms with E-state index >= 15 is 0 Å². The molecule has 11 heteroatoms. The monoisotopic (exact) mass is 518 g/mol. The number of likely N-dealkylation sites (N-methyl/N-ethyl adjacent to an activating group) is 2. The first-order chi connectivity index (χ1) is 17.5. The number of amides is 1. The van der Waals surface area contributed by atoms with Crippen molar-refractivity contribution in [2.45, 2.75) is 38.8 Å². The number of hydrogen-bond donors (Lipinski definition) is 1. The fourth-order valence-corrected chi connectivity index (χ4v) is 3.85. The molecule has 1 atom stereocenters. The molecule has 1 aliphatic heterocycles. The first-order valence-electron chi connectivity index (χ1n) is 12.7. The first kappa shape index (κ1) is 28.7. The van der Waals surface area contributed by atoms with Crippen LogP contribution >= 0.6 is 0 Å². The van der Waals surface area contributed by atoms with Crippen LogP contribution in [0.25, 0.3) is 11.4 Å². The highest BCUT2D eigenvalue weighted by molar-refractivity contribution is 5.68. The van der Waals surface area contributed by atoms with Crippen molar-refractivity contribution in [3.63, 3.8) is 0 Å². The van der Waals surface area contributed by atoms with Crippen LogP contribution in [0.5, 0.6) is 11.5 Å². The Hall–Kier alpha value is -2.89. The number of nitrogens with one attached hydrogen (secondary N) is 1. The molecule has 1 aromatic carbocycles. The Morgan fingerprint density at radius 2 is 1.92 bits per heavy atom. The number of rotatable bonds is 11. The van der Waals surface area contributed by atoms with Gasteiger partial charge in [0.25, 0.3) is 0 Å². The molecule has 206 valence electrons. The van der Waals surface area contributed by atoms with E-state index in [0.717, 1.165) is 44.8 Å². The number of carbonyl (C=O) groups is 1. The van der Waals surface area contributed by atoms with Gasteiger partial charge >= 0.3 is 6.09 Å². The van der Waals surface area contributed by atoms with E-state index in [0.29, 0.717) is 36.2 Å². The van der Waals surface area contributed by atoms with Crippen LogP contribution in [0, 0.1) is 0 Å². The lowest BCUT2D eigenvalue weighted by Crippen LogP contribution is -2.45. The molecule has 1 unspecified atom stereocenters. The number of benzene rings is 1. The second-order valence-electron chi connectivity index (χ2n) is 10.6. The van der Waals surface area contributed by atoms with E-state index in [4.69, 9.17) is 18.7 Å². The minimum absolute atomic E-state index is 0.334. The molecular weight excluding hydrogens is 476 g/mol. The van der Waals surface area contributed by atoms with Crippen LogP contribution in [0.3, 0.4) is 0 Å². The van der Waals surface area contributed by atoms with Gasteiger partial charge in [-0.1, -0.05) is 5.16 Å². The van der Waals surface area contributed by atoms with Crippen molar-refractivity contribution in [2.75, 3.05) is 74.1 Å². The summed E-state index contributed by atoms with van der Waals surface area (Å²) >= 11 is 0. The van der Waals surface area contributed by atoms with Crippen molar-refractivity contribution < 1.29 is 23.5 Å². The van der Waals surface area contributed by atoms with Crippen molar-refractivity contribution in [2.24, 2.45) is 0 Å². The van der Waals surface area contributed by atoms with Gasteiger partial charge < -0.3 is 38.8 Å². The lowest BCUT2D eigenvalue weighted by atomic mass is 10.1. The highest BCUT2D eigenvalue weighted by atomic mass is 16.6. The molecule has 37 heavy (non-hydrogen) atoms. The van der Waals surface area contributed by atoms with Crippen LogP contribution in [0.2, 0.25) is 0 Å². The van der Waals surface area contributed by atoms with Gasteiger partial charge in [0.05, 0.1) is 7.11 Å². The van der Waals surface area contributed by atoms with Gasteiger partial charge in [0.15, 0.2) is 11.5 Å². The second-order valence-corrected chi connectivity index (χ2v) is 10.6. The molecule has 0 spiro atoms. The Balaban J connectivity index is 1.74. The molecule has 3 rings (SSSR count). The quantitative estimate of drug-likeness (QED) is 0.477. The standard InChI is InChI=1S/C26H42N6O5/c1-26(2,3)36-25(33)27-20(10-11-32-14-12-31(6)13-15-32)24-28-23(29-37-24)19-8-9-21(22(18-19)34-7)35-17-16-30(4)5/h8-9,18,20H,10-17H2,1-7H3,(H,27,33). The summed E-state index contributed by atoms with van der Waals surface area (Å²) in [6.45, 7) is 11.6.